The molecule has 1 N–H and O–H groups in total. The van der Waals surface area contributed by atoms with Gasteiger partial charge in [0, 0.05) is 17.5 Å². The molecule has 1 aliphatic carbocycles. The van der Waals surface area contributed by atoms with Gasteiger partial charge in [0.15, 0.2) is 17.2 Å². The second-order valence-electron chi connectivity index (χ2n) is 7.51. The van der Waals surface area contributed by atoms with Crippen LogP contribution in [0.3, 0.4) is 0 Å². The number of carbonyl (C=O) groups excluding carboxylic acids is 1. The normalized spacial score (nSPS) is 11.6. The third-order valence-corrected chi connectivity index (χ3v) is 5.63. The summed E-state index contributed by atoms with van der Waals surface area (Å²) >= 11 is 0. The first kappa shape index (κ1) is 20.7. The van der Waals surface area contributed by atoms with Crippen LogP contribution >= 0.6 is 0 Å². The molecular formula is C25H19F2N3O3. The molecule has 6 nitrogen and oxygen atoms in total. The van der Waals surface area contributed by atoms with Crippen LogP contribution in [0.15, 0.2) is 60.7 Å². The quantitative estimate of drug-likeness (QED) is 0.412. The van der Waals surface area contributed by atoms with Crippen molar-refractivity contribution in [3.05, 3.63) is 89.1 Å². The fourth-order valence-electron chi connectivity index (χ4n) is 4.10. The Morgan fingerprint density at radius 2 is 1.64 bits per heavy atom. The summed E-state index contributed by atoms with van der Waals surface area (Å²) in [6.45, 7) is 0. The van der Waals surface area contributed by atoms with E-state index in [0.717, 1.165) is 11.1 Å². The highest BCUT2D eigenvalue weighted by molar-refractivity contribution is 6.06. The van der Waals surface area contributed by atoms with Gasteiger partial charge in [-0.3, -0.25) is 4.79 Å². The zero-order valence-corrected chi connectivity index (χ0v) is 17.9. The van der Waals surface area contributed by atoms with Crippen LogP contribution in [0.1, 0.15) is 21.6 Å². The van der Waals surface area contributed by atoms with E-state index < -0.39 is 17.5 Å². The van der Waals surface area contributed by atoms with Crippen LogP contribution in [-0.2, 0) is 6.42 Å². The highest BCUT2D eigenvalue weighted by atomic mass is 19.1. The van der Waals surface area contributed by atoms with Crippen molar-refractivity contribution in [1.82, 2.24) is 9.78 Å². The molecular weight excluding hydrogens is 428 g/mol. The molecule has 5 rings (SSSR count). The summed E-state index contributed by atoms with van der Waals surface area (Å²) in [6.07, 6.45) is 0.375. The molecule has 1 amide bonds. The molecule has 4 aromatic rings. The lowest BCUT2D eigenvalue weighted by Gasteiger charge is -2.12. The SMILES string of the molecule is COc1cc2c(cc1OC)-c1c(c(C(=O)Nc3ccccc3F)nn1-c1ccccc1F)C2. The number of amides is 1. The van der Waals surface area contributed by atoms with Crippen molar-refractivity contribution in [2.45, 2.75) is 6.42 Å². The second kappa shape index (κ2) is 8.05. The molecule has 0 unspecified atom stereocenters. The summed E-state index contributed by atoms with van der Waals surface area (Å²) in [4.78, 5) is 13.2. The van der Waals surface area contributed by atoms with Crippen LogP contribution in [0.2, 0.25) is 0 Å². The molecule has 1 aliphatic rings. The maximum Gasteiger partial charge on any atom is 0.276 e. The number of carbonyl (C=O) groups is 1. The lowest BCUT2D eigenvalue weighted by molar-refractivity contribution is 0.102. The Morgan fingerprint density at radius 1 is 0.970 bits per heavy atom. The number of benzene rings is 3. The molecule has 0 spiro atoms. The van der Waals surface area contributed by atoms with Crippen LogP contribution in [0, 0.1) is 11.6 Å². The summed E-state index contributed by atoms with van der Waals surface area (Å²) in [7, 11) is 3.07. The Hall–Kier alpha value is -4.20. The fourth-order valence-corrected chi connectivity index (χ4v) is 4.10. The maximum atomic E-state index is 14.7. The van der Waals surface area contributed by atoms with Gasteiger partial charge >= 0.3 is 0 Å². The first-order chi connectivity index (χ1) is 16.0. The van der Waals surface area contributed by atoms with Crippen molar-refractivity contribution in [3.8, 4) is 28.4 Å². The summed E-state index contributed by atoms with van der Waals surface area (Å²) in [6, 6.07) is 15.7. The Bertz CT molecular complexity index is 1400. The van der Waals surface area contributed by atoms with E-state index in [-0.39, 0.29) is 17.1 Å². The lowest BCUT2D eigenvalue weighted by atomic mass is 10.1. The smallest absolute Gasteiger partial charge is 0.276 e. The van der Waals surface area contributed by atoms with Crippen molar-refractivity contribution in [3.63, 3.8) is 0 Å². The largest absolute Gasteiger partial charge is 0.493 e. The van der Waals surface area contributed by atoms with Gasteiger partial charge < -0.3 is 14.8 Å². The van der Waals surface area contributed by atoms with E-state index in [4.69, 9.17) is 9.47 Å². The number of halogens is 2. The molecule has 0 aliphatic heterocycles. The minimum Gasteiger partial charge on any atom is -0.493 e. The van der Waals surface area contributed by atoms with Gasteiger partial charge in [0.25, 0.3) is 5.91 Å². The zero-order chi connectivity index (χ0) is 23.1. The van der Waals surface area contributed by atoms with E-state index in [2.05, 4.69) is 10.4 Å². The van der Waals surface area contributed by atoms with Crippen molar-refractivity contribution < 1.29 is 23.0 Å². The first-order valence-electron chi connectivity index (χ1n) is 10.2. The number of fused-ring (bicyclic) bond motifs is 3. The molecule has 1 heterocycles. The number of nitrogens with zero attached hydrogens (tertiary/aromatic N) is 2. The maximum absolute atomic E-state index is 14.7. The minimum absolute atomic E-state index is 0.0375. The van der Waals surface area contributed by atoms with E-state index in [1.54, 1.807) is 37.4 Å². The van der Waals surface area contributed by atoms with Gasteiger partial charge in [-0.2, -0.15) is 5.10 Å². The van der Waals surface area contributed by atoms with E-state index in [1.165, 1.54) is 36.1 Å². The Balaban J connectivity index is 1.69. The molecule has 33 heavy (non-hydrogen) atoms. The number of nitrogens with one attached hydrogen (secondary N) is 1. The average Bonchev–Trinajstić information content (AvgIpc) is 3.37. The van der Waals surface area contributed by atoms with E-state index >= 15 is 0 Å². The third-order valence-electron chi connectivity index (χ3n) is 5.63. The summed E-state index contributed by atoms with van der Waals surface area (Å²) in [5.41, 5.74) is 3.14. The molecule has 166 valence electrons. The van der Waals surface area contributed by atoms with Gasteiger partial charge in [-0.05, 0) is 42.0 Å². The Morgan fingerprint density at radius 3 is 2.33 bits per heavy atom. The number of anilines is 1. The zero-order valence-electron chi connectivity index (χ0n) is 17.9. The van der Waals surface area contributed by atoms with Gasteiger partial charge in [-0.15, -0.1) is 0 Å². The van der Waals surface area contributed by atoms with Gasteiger partial charge in [0.2, 0.25) is 0 Å². The highest BCUT2D eigenvalue weighted by Gasteiger charge is 2.33. The molecule has 1 aromatic heterocycles. The number of hydrogen-bond acceptors (Lipinski definition) is 4. The van der Waals surface area contributed by atoms with Crippen LogP contribution in [0.5, 0.6) is 11.5 Å². The standard InChI is InChI=1S/C25H19F2N3O3/c1-32-21-12-14-11-16-23(25(31)28-19-9-5-3-7-17(19)26)29-30(20-10-6-4-8-18(20)27)24(16)15(14)13-22(21)33-2/h3-10,12-13H,11H2,1-2H3,(H,28,31). The molecule has 0 saturated heterocycles. The predicted molar refractivity (Wildman–Crippen MR) is 119 cm³/mol. The predicted octanol–water partition coefficient (Wildman–Crippen LogP) is 4.99. The number of para-hydroxylation sites is 2. The van der Waals surface area contributed by atoms with Crippen molar-refractivity contribution in [1.29, 1.82) is 0 Å². The Labute approximate surface area is 188 Å². The molecule has 0 radical (unpaired) electrons. The van der Waals surface area contributed by atoms with Gasteiger partial charge in [-0.1, -0.05) is 24.3 Å². The van der Waals surface area contributed by atoms with Crippen molar-refractivity contribution >= 4 is 11.6 Å². The topological polar surface area (TPSA) is 65.4 Å². The fraction of sp³-hybridized carbons (Fsp3) is 0.120. The molecule has 0 atom stereocenters. The summed E-state index contributed by atoms with van der Waals surface area (Å²) in [5.74, 6) is -0.586. The van der Waals surface area contributed by atoms with Crippen molar-refractivity contribution in [2.75, 3.05) is 19.5 Å². The van der Waals surface area contributed by atoms with Crippen LogP contribution in [0.25, 0.3) is 16.9 Å². The minimum atomic E-state index is -0.585. The second-order valence-corrected chi connectivity index (χ2v) is 7.51. The first-order valence-corrected chi connectivity index (χ1v) is 10.2. The van der Waals surface area contributed by atoms with Gasteiger partial charge in [0.1, 0.15) is 17.3 Å². The molecule has 8 heteroatoms. The van der Waals surface area contributed by atoms with Gasteiger partial charge in [-0.25, -0.2) is 13.5 Å². The average molecular weight is 447 g/mol. The third kappa shape index (κ3) is 3.40. The molecule has 0 saturated carbocycles. The number of hydrogen-bond donors (Lipinski definition) is 1. The molecule has 0 fully saturated rings. The van der Waals surface area contributed by atoms with Crippen LogP contribution in [-0.4, -0.2) is 29.9 Å². The van der Waals surface area contributed by atoms with E-state index in [9.17, 15) is 13.6 Å². The lowest BCUT2D eigenvalue weighted by Crippen LogP contribution is -2.16. The van der Waals surface area contributed by atoms with Gasteiger partial charge in [0.05, 0.1) is 25.6 Å². The Kier molecular flexibility index (Phi) is 5.05. The molecule has 3 aromatic carbocycles. The monoisotopic (exact) mass is 447 g/mol. The number of aromatic nitrogens is 2. The van der Waals surface area contributed by atoms with Crippen LogP contribution < -0.4 is 14.8 Å². The van der Waals surface area contributed by atoms with E-state index in [0.29, 0.717) is 29.2 Å². The number of methoxy groups -OCH3 is 2. The van der Waals surface area contributed by atoms with Crippen molar-refractivity contribution in [2.24, 2.45) is 0 Å². The van der Waals surface area contributed by atoms with E-state index in [1.807, 2.05) is 6.07 Å². The van der Waals surface area contributed by atoms with Crippen LogP contribution in [0.4, 0.5) is 14.5 Å². The number of rotatable bonds is 5. The highest BCUT2D eigenvalue weighted by Crippen LogP contribution is 2.45. The molecule has 0 bridgehead atoms. The number of ether oxygens (including phenoxy) is 2. The summed E-state index contributed by atoms with van der Waals surface area (Å²) < 4.78 is 41.1. The summed E-state index contributed by atoms with van der Waals surface area (Å²) in [5, 5.41) is 7.03.